The number of hydrogen-bond donors (Lipinski definition) is 4. The van der Waals surface area contributed by atoms with Crippen LogP contribution in [0.1, 0.15) is 51.2 Å². The number of ether oxygens (including phenoxy) is 4. The van der Waals surface area contributed by atoms with Gasteiger partial charge in [0, 0.05) is 44.2 Å². The minimum atomic E-state index is -4.51. The normalized spacial score (nSPS) is 21.3. The standard InChI is InChI=1S/C38H48FN5O12S/c1-5-25-19-38(25,34(48)42-57(51,52)31-13-7-6-12-29(31)40-14-17-53-15-9-16-54-23-32(45)46)41-33(47)30-18-26(21-44(30)36(50)56-37(2,3)4)55-35(49)43-20-24-10-8-11-28(39)27(24)22-43/h5-8,10-13,25-26,30,40H,1,9,14-23H2,2-4H3,(H,41,47)(H,42,48)(H,45,46)/t25-,26-,30+,38-/m1/s1. The van der Waals surface area contributed by atoms with Crippen molar-refractivity contribution in [1.82, 2.24) is 19.8 Å². The Morgan fingerprint density at radius 1 is 1.02 bits per heavy atom. The Balaban J connectivity index is 1.23. The van der Waals surface area contributed by atoms with Crippen LogP contribution in [0.4, 0.5) is 19.7 Å². The quantitative estimate of drug-likeness (QED) is 0.133. The Labute approximate surface area is 329 Å². The molecule has 1 saturated carbocycles. The number of rotatable bonds is 17. The Hall–Kier alpha value is -5.27. The van der Waals surface area contributed by atoms with Crippen molar-refractivity contribution in [2.24, 2.45) is 5.92 Å². The molecular weight excluding hydrogens is 770 g/mol. The van der Waals surface area contributed by atoms with Gasteiger partial charge in [-0.2, -0.15) is 0 Å². The van der Waals surface area contributed by atoms with Crippen molar-refractivity contribution in [1.29, 1.82) is 0 Å². The summed E-state index contributed by atoms with van der Waals surface area (Å²) in [5.74, 6) is -3.99. The molecule has 4 N–H and O–H groups in total. The predicted molar refractivity (Wildman–Crippen MR) is 201 cm³/mol. The van der Waals surface area contributed by atoms with Gasteiger partial charge in [-0.05, 0) is 57.4 Å². The number of aliphatic carboxylic acids is 1. The third kappa shape index (κ3) is 10.8. The summed E-state index contributed by atoms with van der Waals surface area (Å²) in [6.07, 6.45) is -0.872. The third-order valence-corrected chi connectivity index (χ3v) is 10.9. The highest BCUT2D eigenvalue weighted by Gasteiger charge is 2.61. The molecule has 57 heavy (non-hydrogen) atoms. The van der Waals surface area contributed by atoms with Crippen molar-refractivity contribution in [2.75, 3.05) is 44.8 Å². The highest BCUT2D eigenvalue weighted by atomic mass is 32.2. The van der Waals surface area contributed by atoms with E-state index in [-0.39, 0.29) is 69.4 Å². The summed E-state index contributed by atoms with van der Waals surface area (Å²) >= 11 is 0. The van der Waals surface area contributed by atoms with Gasteiger partial charge < -0.3 is 34.7 Å². The fraction of sp³-hybridized carbons (Fsp3) is 0.500. The first-order valence-electron chi connectivity index (χ1n) is 18.4. The molecule has 4 amide bonds. The number of nitrogens with zero attached hydrogens (tertiary/aromatic N) is 2. The highest BCUT2D eigenvalue weighted by molar-refractivity contribution is 7.90. The van der Waals surface area contributed by atoms with E-state index in [1.54, 1.807) is 39.0 Å². The monoisotopic (exact) mass is 817 g/mol. The molecular formula is C38H48FN5O12S. The average molecular weight is 818 g/mol. The molecule has 19 heteroatoms. The SMILES string of the molecule is C=C[C@@H]1C[C@]1(NC(=O)[C@@H]1C[C@@H](OC(=O)N2Cc3cccc(F)c3C2)CN1C(=O)OC(C)(C)C)C(=O)NS(=O)(=O)c1ccccc1NCCOCCCOCC(=O)O. The molecule has 2 aliphatic heterocycles. The lowest BCUT2D eigenvalue weighted by atomic mass is 10.1. The van der Waals surface area contributed by atoms with Crippen LogP contribution in [0.2, 0.25) is 0 Å². The second-order valence-corrected chi connectivity index (χ2v) is 16.6. The third-order valence-electron chi connectivity index (χ3n) is 9.46. The minimum Gasteiger partial charge on any atom is -0.480 e. The predicted octanol–water partition coefficient (Wildman–Crippen LogP) is 3.14. The summed E-state index contributed by atoms with van der Waals surface area (Å²) in [6, 6.07) is 9.18. The van der Waals surface area contributed by atoms with Crippen LogP contribution in [0.3, 0.4) is 0 Å². The van der Waals surface area contributed by atoms with Gasteiger partial charge in [-0.1, -0.05) is 30.3 Å². The zero-order chi connectivity index (χ0) is 41.5. The summed E-state index contributed by atoms with van der Waals surface area (Å²) in [4.78, 5) is 67.1. The number of carboxylic acid groups (broad SMARTS) is 1. The molecule has 2 heterocycles. The number of sulfonamides is 1. The number of para-hydroxylation sites is 1. The lowest BCUT2D eigenvalue weighted by molar-refractivity contribution is -0.142. The van der Waals surface area contributed by atoms with E-state index in [4.69, 9.17) is 24.1 Å². The van der Waals surface area contributed by atoms with Gasteiger partial charge in [-0.25, -0.2) is 31.9 Å². The van der Waals surface area contributed by atoms with E-state index in [9.17, 15) is 36.8 Å². The van der Waals surface area contributed by atoms with Gasteiger partial charge >= 0.3 is 18.2 Å². The van der Waals surface area contributed by atoms with E-state index in [0.717, 1.165) is 4.90 Å². The van der Waals surface area contributed by atoms with Gasteiger partial charge in [0.25, 0.3) is 15.9 Å². The molecule has 0 unspecified atom stereocenters. The van der Waals surface area contributed by atoms with Gasteiger partial charge in [0.1, 0.15) is 40.6 Å². The average Bonchev–Trinajstić information content (AvgIpc) is 3.43. The largest absolute Gasteiger partial charge is 0.480 e. The van der Waals surface area contributed by atoms with Crippen molar-refractivity contribution < 1.29 is 60.8 Å². The topological polar surface area (TPSA) is 219 Å². The number of halogens is 1. The number of hydrogen-bond acceptors (Lipinski definition) is 12. The number of amides is 4. The first-order valence-corrected chi connectivity index (χ1v) is 19.9. The number of anilines is 1. The molecule has 3 aliphatic rings. The Kier molecular flexibility index (Phi) is 13.5. The number of benzene rings is 2. The Bertz CT molecular complexity index is 1970. The molecule has 2 fully saturated rings. The van der Waals surface area contributed by atoms with Crippen LogP contribution in [-0.2, 0) is 56.4 Å². The van der Waals surface area contributed by atoms with Gasteiger partial charge in [0.15, 0.2) is 0 Å². The molecule has 0 radical (unpaired) electrons. The molecule has 0 aromatic heterocycles. The molecule has 17 nitrogen and oxygen atoms in total. The maximum absolute atomic E-state index is 14.3. The van der Waals surface area contributed by atoms with Crippen LogP contribution in [0.15, 0.2) is 60.0 Å². The summed E-state index contributed by atoms with van der Waals surface area (Å²) in [6.45, 7) is 9.01. The van der Waals surface area contributed by atoms with E-state index < -0.39 is 81.6 Å². The zero-order valence-corrected chi connectivity index (χ0v) is 32.8. The van der Waals surface area contributed by atoms with E-state index in [0.29, 0.717) is 17.5 Å². The van der Waals surface area contributed by atoms with Crippen LogP contribution in [0, 0.1) is 11.7 Å². The number of carbonyl (C=O) groups excluding carboxylic acids is 4. The van der Waals surface area contributed by atoms with Gasteiger partial charge in [-0.15, -0.1) is 6.58 Å². The van der Waals surface area contributed by atoms with E-state index >= 15 is 0 Å². The number of carbonyl (C=O) groups is 5. The first kappa shape index (κ1) is 42.9. The first-order chi connectivity index (χ1) is 26.9. The van der Waals surface area contributed by atoms with Crippen molar-refractivity contribution in [2.45, 2.75) is 81.3 Å². The lowest BCUT2D eigenvalue weighted by Crippen LogP contribution is -2.56. The Morgan fingerprint density at radius 2 is 1.75 bits per heavy atom. The number of carboxylic acids is 1. The van der Waals surface area contributed by atoms with Crippen molar-refractivity contribution >= 4 is 45.7 Å². The van der Waals surface area contributed by atoms with Crippen molar-refractivity contribution in [3.05, 3.63) is 72.1 Å². The smallest absolute Gasteiger partial charge is 0.411 e. The Morgan fingerprint density at radius 3 is 2.44 bits per heavy atom. The molecule has 1 saturated heterocycles. The minimum absolute atomic E-state index is 0.0132. The van der Waals surface area contributed by atoms with Crippen LogP contribution in [0.25, 0.3) is 0 Å². The number of likely N-dealkylation sites (tertiary alicyclic amines) is 1. The summed E-state index contributed by atoms with van der Waals surface area (Å²) in [7, 11) is -4.51. The van der Waals surface area contributed by atoms with Crippen molar-refractivity contribution in [3.63, 3.8) is 0 Å². The summed E-state index contributed by atoms with van der Waals surface area (Å²) in [5.41, 5.74) is -1.48. The van der Waals surface area contributed by atoms with Crippen LogP contribution in [0.5, 0.6) is 0 Å². The second-order valence-electron chi connectivity index (χ2n) is 14.9. The summed E-state index contributed by atoms with van der Waals surface area (Å²) in [5, 5.41) is 14.2. The van der Waals surface area contributed by atoms with E-state index in [1.807, 2.05) is 0 Å². The lowest BCUT2D eigenvalue weighted by Gasteiger charge is -2.29. The molecule has 2 aromatic rings. The molecule has 0 bridgehead atoms. The van der Waals surface area contributed by atoms with E-state index in [1.165, 1.54) is 35.2 Å². The van der Waals surface area contributed by atoms with Gasteiger partial charge in [-0.3, -0.25) is 19.4 Å². The molecule has 2 aromatic carbocycles. The van der Waals surface area contributed by atoms with Crippen molar-refractivity contribution in [3.8, 4) is 0 Å². The van der Waals surface area contributed by atoms with Crippen LogP contribution in [-0.4, -0.2) is 116 Å². The molecule has 310 valence electrons. The zero-order valence-electron chi connectivity index (χ0n) is 32.0. The molecule has 0 spiro atoms. The van der Waals surface area contributed by atoms with Crippen LogP contribution < -0.4 is 15.4 Å². The molecule has 4 atom stereocenters. The number of fused-ring (bicyclic) bond motifs is 1. The molecule has 5 rings (SSSR count). The highest BCUT2D eigenvalue weighted by Crippen LogP contribution is 2.45. The second kappa shape index (κ2) is 17.9. The fourth-order valence-corrected chi connectivity index (χ4v) is 7.84. The maximum Gasteiger partial charge on any atom is 0.411 e. The van der Waals surface area contributed by atoms with Gasteiger partial charge in [0.05, 0.1) is 25.4 Å². The maximum atomic E-state index is 14.3. The molecule has 1 aliphatic carbocycles. The van der Waals surface area contributed by atoms with Gasteiger partial charge in [0.2, 0.25) is 5.91 Å². The van der Waals surface area contributed by atoms with Crippen LogP contribution >= 0.6 is 0 Å². The summed E-state index contributed by atoms with van der Waals surface area (Å²) < 4.78 is 65.4. The fourth-order valence-electron chi connectivity index (χ4n) is 6.62. The van der Waals surface area contributed by atoms with E-state index in [2.05, 4.69) is 21.9 Å². The number of nitrogens with one attached hydrogen (secondary N) is 3.